The highest BCUT2D eigenvalue weighted by Gasteiger charge is 2.05. The van der Waals surface area contributed by atoms with Gasteiger partial charge in [-0.1, -0.05) is 35.2 Å². The molecule has 18 heavy (non-hydrogen) atoms. The molecular formula is C10H9F2N3OS2. The fraction of sp³-hybridized carbons (Fsp3) is 0.200. The first-order chi connectivity index (χ1) is 8.63. The maximum Gasteiger partial charge on any atom is 0.387 e. The normalized spacial score (nSPS) is 10.8. The molecule has 0 atom stereocenters. The molecule has 2 rings (SSSR count). The summed E-state index contributed by atoms with van der Waals surface area (Å²) in [5.41, 5.74) is 6.44. The van der Waals surface area contributed by atoms with Crippen LogP contribution in [0.15, 0.2) is 28.6 Å². The van der Waals surface area contributed by atoms with Crippen LogP contribution in [-0.4, -0.2) is 16.8 Å². The Morgan fingerprint density at radius 3 is 2.56 bits per heavy atom. The van der Waals surface area contributed by atoms with E-state index in [9.17, 15) is 8.78 Å². The molecule has 0 amide bonds. The minimum Gasteiger partial charge on any atom is -0.435 e. The van der Waals surface area contributed by atoms with Gasteiger partial charge < -0.3 is 10.5 Å². The first kappa shape index (κ1) is 13.0. The summed E-state index contributed by atoms with van der Waals surface area (Å²) in [5.74, 6) is 0.822. The molecule has 0 aliphatic rings. The average Bonchev–Trinajstić information content (AvgIpc) is 2.74. The monoisotopic (exact) mass is 289 g/mol. The van der Waals surface area contributed by atoms with Crippen LogP contribution >= 0.6 is 23.1 Å². The van der Waals surface area contributed by atoms with Crippen LogP contribution in [0.4, 0.5) is 13.9 Å². The van der Waals surface area contributed by atoms with Crippen molar-refractivity contribution in [1.29, 1.82) is 0 Å². The molecule has 8 heteroatoms. The second kappa shape index (κ2) is 5.96. The minimum absolute atomic E-state index is 0.152. The van der Waals surface area contributed by atoms with Gasteiger partial charge in [-0.05, 0) is 17.7 Å². The lowest BCUT2D eigenvalue weighted by Gasteiger charge is -2.04. The zero-order valence-electron chi connectivity index (χ0n) is 9.05. The molecule has 4 nitrogen and oxygen atoms in total. The highest BCUT2D eigenvalue weighted by molar-refractivity contribution is 8.00. The largest absolute Gasteiger partial charge is 0.435 e. The van der Waals surface area contributed by atoms with E-state index < -0.39 is 6.61 Å². The summed E-state index contributed by atoms with van der Waals surface area (Å²) < 4.78 is 28.9. The molecular weight excluding hydrogens is 280 g/mol. The number of aromatic nitrogens is 2. The van der Waals surface area contributed by atoms with Crippen molar-refractivity contribution in [2.75, 3.05) is 5.73 Å². The topological polar surface area (TPSA) is 61.0 Å². The number of nitrogens with two attached hydrogens (primary N) is 1. The summed E-state index contributed by atoms with van der Waals surface area (Å²) in [5, 5.41) is 8.00. The van der Waals surface area contributed by atoms with Gasteiger partial charge in [-0.3, -0.25) is 0 Å². The zero-order chi connectivity index (χ0) is 13.0. The fourth-order valence-corrected chi connectivity index (χ4v) is 2.78. The molecule has 0 saturated heterocycles. The van der Waals surface area contributed by atoms with E-state index in [4.69, 9.17) is 5.73 Å². The van der Waals surface area contributed by atoms with Gasteiger partial charge >= 0.3 is 6.61 Å². The second-order valence-corrected chi connectivity index (χ2v) is 5.45. The van der Waals surface area contributed by atoms with Crippen molar-refractivity contribution < 1.29 is 13.5 Å². The van der Waals surface area contributed by atoms with Crippen molar-refractivity contribution in [3.05, 3.63) is 29.8 Å². The Labute approximate surface area is 110 Å². The molecule has 1 aromatic heterocycles. The van der Waals surface area contributed by atoms with Gasteiger partial charge in [0.1, 0.15) is 5.75 Å². The Morgan fingerprint density at radius 2 is 2.00 bits per heavy atom. The van der Waals surface area contributed by atoms with E-state index in [0.717, 1.165) is 9.90 Å². The van der Waals surface area contributed by atoms with E-state index in [1.54, 1.807) is 12.1 Å². The summed E-state index contributed by atoms with van der Waals surface area (Å²) in [6.45, 7) is -2.80. The van der Waals surface area contributed by atoms with E-state index in [1.807, 2.05) is 0 Å². The third-order valence-electron chi connectivity index (χ3n) is 1.93. The number of halogens is 2. The van der Waals surface area contributed by atoms with Crippen LogP contribution in [0.2, 0.25) is 0 Å². The molecule has 0 saturated carbocycles. The number of anilines is 1. The molecule has 0 radical (unpaired) electrons. The van der Waals surface area contributed by atoms with Gasteiger partial charge in [-0.2, -0.15) is 8.78 Å². The fourth-order valence-electron chi connectivity index (χ4n) is 1.19. The van der Waals surface area contributed by atoms with E-state index in [2.05, 4.69) is 14.9 Å². The Kier molecular flexibility index (Phi) is 4.32. The van der Waals surface area contributed by atoms with Crippen molar-refractivity contribution in [1.82, 2.24) is 10.2 Å². The third-order valence-corrected chi connectivity index (χ3v) is 3.89. The summed E-state index contributed by atoms with van der Waals surface area (Å²) >= 11 is 2.80. The summed E-state index contributed by atoms with van der Waals surface area (Å²) in [6, 6.07) is 6.48. The SMILES string of the molecule is Nc1nnc(SCc2ccc(OC(F)F)cc2)s1. The summed E-state index contributed by atoms with van der Waals surface area (Å²) in [7, 11) is 0. The number of thioether (sulfide) groups is 1. The molecule has 0 spiro atoms. The number of nitrogen functional groups attached to an aromatic ring is 1. The van der Waals surface area contributed by atoms with E-state index in [0.29, 0.717) is 10.9 Å². The number of hydrogen-bond acceptors (Lipinski definition) is 6. The van der Waals surface area contributed by atoms with Crippen LogP contribution < -0.4 is 10.5 Å². The van der Waals surface area contributed by atoms with Crippen LogP contribution in [-0.2, 0) is 5.75 Å². The Balaban J connectivity index is 1.90. The lowest BCUT2D eigenvalue weighted by atomic mass is 10.2. The highest BCUT2D eigenvalue weighted by Crippen LogP contribution is 2.27. The lowest BCUT2D eigenvalue weighted by molar-refractivity contribution is -0.0498. The van der Waals surface area contributed by atoms with Gasteiger partial charge in [-0.25, -0.2) is 0 Å². The number of hydrogen-bond donors (Lipinski definition) is 1. The molecule has 2 N–H and O–H groups in total. The smallest absolute Gasteiger partial charge is 0.387 e. The summed E-state index contributed by atoms with van der Waals surface area (Å²) in [4.78, 5) is 0. The van der Waals surface area contributed by atoms with Gasteiger partial charge in [0.15, 0.2) is 4.34 Å². The Hall–Kier alpha value is -1.41. The first-order valence-electron chi connectivity index (χ1n) is 4.89. The van der Waals surface area contributed by atoms with Crippen LogP contribution in [0.1, 0.15) is 5.56 Å². The third kappa shape index (κ3) is 3.81. The van der Waals surface area contributed by atoms with Crippen molar-refractivity contribution in [2.24, 2.45) is 0 Å². The molecule has 0 unspecified atom stereocenters. The Bertz CT molecular complexity index is 504. The van der Waals surface area contributed by atoms with E-state index in [1.165, 1.54) is 35.2 Å². The van der Waals surface area contributed by atoms with Gasteiger partial charge in [0.05, 0.1) is 0 Å². The van der Waals surface area contributed by atoms with Crippen molar-refractivity contribution in [3.8, 4) is 5.75 Å². The highest BCUT2D eigenvalue weighted by atomic mass is 32.2. The predicted molar refractivity (Wildman–Crippen MR) is 67.0 cm³/mol. The van der Waals surface area contributed by atoms with Crippen molar-refractivity contribution in [2.45, 2.75) is 16.7 Å². The van der Waals surface area contributed by atoms with Gasteiger partial charge in [0, 0.05) is 5.75 Å². The van der Waals surface area contributed by atoms with Crippen LogP contribution in [0.3, 0.4) is 0 Å². The van der Waals surface area contributed by atoms with Crippen LogP contribution in [0, 0.1) is 0 Å². The maximum atomic E-state index is 11.9. The number of nitrogens with zero attached hydrogens (tertiary/aromatic N) is 2. The molecule has 0 fully saturated rings. The average molecular weight is 289 g/mol. The van der Waals surface area contributed by atoms with Gasteiger partial charge in [-0.15, -0.1) is 10.2 Å². The molecule has 0 bridgehead atoms. The molecule has 0 aliphatic heterocycles. The van der Waals surface area contributed by atoms with Crippen molar-refractivity contribution >= 4 is 28.2 Å². The molecule has 0 aliphatic carbocycles. The maximum absolute atomic E-state index is 11.9. The number of ether oxygens (including phenoxy) is 1. The quantitative estimate of drug-likeness (QED) is 0.857. The molecule has 96 valence electrons. The number of rotatable bonds is 5. The lowest BCUT2D eigenvalue weighted by Crippen LogP contribution is -2.01. The molecule has 1 aromatic carbocycles. The van der Waals surface area contributed by atoms with E-state index in [-0.39, 0.29) is 5.75 Å². The first-order valence-corrected chi connectivity index (χ1v) is 6.69. The second-order valence-electron chi connectivity index (χ2n) is 3.22. The summed E-state index contributed by atoms with van der Waals surface area (Å²) in [6.07, 6.45) is 0. The number of alkyl halides is 2. The van der Waals surface area contributed by atoms with Gasteiger partial charge in [0.2, 0.25) is 5.13 Å². The number of benzene rings is 1. The standard InChI is InChI=1S/C10H9F2N3OS2/c11-8(12)16-7-3-1-6(2-4-7)5-17-10-15-14-9(13)18-10/h1-4,8H,5H2,(H2,13,14). The van der Waals surface area contributed by atoms with Crippen molar-refractivity contribution in [3.63, 3.8) is 0 Å². The van der Waals surface area contributed by atoms with Crippen LogP contribution in [0.25, 0.3) is 0 Å². The minimum atomic E-state index is -2.80. The van der Waals surface area contributed by atoms with E-state index >= 15 is 0 Å². The zero-order valence-corrected chi connectivity index (χ0v) is 10.7. The van der Waals surface area contributed by atoms with Gasteiger partial charge in [0.25, 0.3) is 0 Å². The Morgan fingerprint density at radius 1 is 1.28 bits per heavy atom. The molecule has 1 heterocycles. The molecule has 2 aromatic rings. The predicted octanol–water partition coefficient (Wildman–Crippen LogP) is 3.01. The van der Waals surface area contributed by atoms with Crippen LogP contribution in [0.5, 0.6) is 5.75 Å².